The van der Waals surface area contributed by atoms with Crippen LogP contribution < -0.4 is 20.1 Å². The molecule has 158 valence electrons. The predicted octanol–water partition coefficient (Wildman–Crippen LogP) is 3.29. The third-order valence-corrected chi connectivity index (χ3v) is 4.59. The van der Waals surface area contributed by atoms with Gasteiger partial charge in [-0.15, -0.1) is 10.2 Å². The number of nitrogens with zero attached hydrogens (tertiary/aromatic N) is 4. The number of aryl methyl sites for hydroxylation is 1. The normalized spacial score (nSPS) is 11.3. The first-order valence-corrected chi connectivity index (χ1v) is 9.85. The monoisotopic (exact) mass is 408 g/mol. The number of rotatable bonds is 8. The lowest BCUT2D eigenvalue weighted by molar-refractivity contribution is 0.311. The van der Waals surface area contributed by atoms with Crippen LogP contribution in [0.2, 0.25) is 0 Å². The zero-order chi connectivity index (χ0) is 21.3. The van der Waals surface area contributed by atoms with E-state index < -0.39 is 0 Å². The number of methoxy groups -OCH3 is 1. The molecule has 0 saturated carbocycles. The maximum absolute atomic E-state index is 5.60. The Kier molecular flexibility index (Phi) is 7.26. The van der Waals surface area contributed by atoms with Gasteiger partial charge in [0.15, 0.2) is 23.3 Å². The molecule has 8 heteroatoms. The molecule has 0 radical (unpaired) electrons. The fraction of sp³-hybridized carbons (Fsp3) is 0.318. The van der Waals surface area contributed by atoms with E-state index in [9.17, 15) is 0 Å². The summed E-state index contributed by atoms with van der Waals surface area (Å²) < 4.78 is 13.0. The van der Waals surface area contributed by atoms with Gasteiger partial charge in [0.1, 0.15) is 5.82 Å². The van der Waals surface area contributed by atoms with Crippen molar-refractivity contribution in [3.05, 3.63) is 65.7 Å². The Labute approximate surface area is 177 Å². The van der Waals surface area contributed by atoms with Gasteiger partial charge in [0.05, 0.1) is 26.8 Å². The quantitative estimate of drug-likeness (QED) is 0.439. The molecule has 0 atom stereocenters. The van der Waals surface area contributed by atoms with E-state index in [-0.39, 0.29) is 0 Å². The second kappa shape index (κ2) is 10.3. The summed E-state index contributed by atoms with van der Waals surface area (Å²) in [6, 6.07) is 15.8. The van der Waals surface area contributed by atoms with Gasteiger partial charge in [-0.25, -0.2) is 4.99 Å². The first-order chi connectivity index (χ1) is 14.6. The lowest BCUT2D eigenvalue weighted by Gasteiger charge is -2.15. The van der Waals surface area contributed by atoms with Gasteiger partial charge >= 0.3 is 0 Å². The molecule has 1 aromatic heterocycles. The molecule has 0 aliphatic rings. The van der Waals surface area contributed by atoms with Crippen LogP contribution in [-0.2, 0) is 20.1 Å². The minimum atomic E-state index is 0.492. The van der Waals surface area contributed by atoms with Crippen molar-refractivity contribution >= 4 is 11.6 Å². The van der Waals surface area contributed by atoms with E-state index in [1.807, 2.05) is 74.0 Å². The Balaban J connectivity index is 1.78. The van der Waals surface area contributed by atoms with Crippen LogP contribution in [-0.4, -0.2) is 34.4 Å². The van der Waals surface area contributed by atoms with Crippen molar-refractivity contribution in [1.82, 2.24) is 20.1 Å². The molecule has 2 aromatic carbocycles. The second-order valence-electron chi connectivity index (χ2n) is 6.65. The molecular weight excluding hydrogens is 380 g/mol. The number of aliphatic imine (C=N–C) groups is 1. The maximum Gasteiger partial charge on any atom is 0.196 e. The number of aromatic nitrogens is 3. The van der Waals surface area contributed by atoms with E-state index >= 15 is 0 Å². The largest absolute Gasteiger partial charge is 0.493 e. The number of hydrogen-bond acceptors (Lipinski definition) is 5. The number of guanidine groups is 1. The highest BCUT2D eigenvalue weighted by Crippen LogP contribution is 2.30. The lowest BCUT2D eigenvalue weighted by Crippen LogP contribution is -2.31. The Morgan fingerprint density at radius 2 is 1.90 bits per heavy atom. The van der Waals surface area contributed by atoms with Gasteiger partial charge in [-0.2, -0.15) is 0 Å². The van der Waals surface area contributed by atoms with Crippen molar-refractivity contribution in [1.29, 1.82) is 0 Å². The molecule has 0 aliphatic carbocycles. The molecule has 0 spiro atoms. The fourth-order valence-corrected chi connectivity index (χ4v) is 2.82. The van der Waals surface area contributed by atoms with Gasteiger partial charge in [0, 0.05) is 18.8 Å². The van der Waals surface area contributed by atoms with Gasteiger partial charge < -0.3 is 24.7 Å². The summed E-state index contributed by atoms with van der Waals surface area (Å²) in [5.41, 5.74) is 1.96. The van der Waals surface area contributed by atoms with Gasteiger partial charge in [-0.1, -0.05) is 30.3 Å². The third kappa shape index (κ3) is 5.50. The van der Waals surface area contributed by atoms with Crippen molar-refractivity contribution in [3.63, 3.8) is 0 Å². The zero-order valence-electron chi connectivity index (χ0n) is 17.8. The summed E-state index contributed by atoms with van der Waals surface area (Å²) in [7, 11) is 3.57. The molecule has 1 heterocycles. The first kappa shape index (κ1) is 21.2. The summed E-state index contributed by atoms with van der Waals surface area (Å²) in [5, 5.41) is 15.0. The summed E-state index contributed by atoms with van der Waals surface area (Å²) in [5.74, 6) is 3.68. The molecule has 0 unspecified atom stereocenters. The molecule has 2 N–H and O–H groups in total. The van der Waals surface area contributed by atoms with Crippen LogP contribution in [0.1, 0.15) is 24.1 Å². The SMILES string of the molecule is CCOc1ccc(NC(=NCc2ccccc2)NCc2nnc(C)n2C)cc1OC. The highest BCUT2D eigenvalue weighted by atomic mass is 16.5. The van der Waals surface area contributed by atoms with E-state index in [2.05, 4.69) is 20.8 Å². The van der Waals surface area contributed by atoms with Crippen LogP contribution in [0.25, 0.3) is 0 Å². The molecule has 3 rings (SSSR count). The van der Waals surface area contributed by atoms with Gasteiger partial charge in [-0.05, 0) is 31.5 Å². The van der Waals surface area contributed by atoms with Crippen molar-refractivity contribution in [3.8, 4) is 11.5 Å². The van der Waals surface area contributed by atoms with Gasteiger partial charge in [-0.3, -0.25) is 0 Å². The third-order valence-electron chi connectivity index (χ3n) is 4.59. The second-order valence-corrected chi connectivity index (χ2v) is 6.65. The first-order valence-electron chi connectivity index (χ1n) is 9.85. The molecule has 30 heavy (non-hydrogen) atoms. The number of anilines is 1. The van der Waals surface area contributed by atoms with E-state index in [1.165, 1.54) is 0 Å². The minimum absolute atomic E-state index is 0.492. The number of benzene rings is 2. The van der Waals surface area contributed by atoms with Crippen LogP contribution in [0.15, 0.2) is 53.5 Å². The summed E-state index contributed by atoms with van der Waals surface area (Å²) >= 11 is 0. The molecule has 0 bridgehead atoms. The van der Waals surface area contributed by atoms with Crippen molar-refractivity contribution in [2.45, 2.75) is 26.9 Å². The molecule has 8 nitrogen and oxygen atoms in total. The number of ether oxygens (including phenoxy) is 2. The van der Waals surface area contributed by atoms with E-state index in [1.54, 1.807) is 7.11 Å². The molecule has 0 aliphatic heterocycles. The Morgan fingerprint density at radius 1 is 1.10 bits per heavy atom. The molecule has 0 fully saturated rings. The average Bonchev–Trinajstić information content (AvgIpc) is 3.09. The van der Waals surface area contributed by atoms with Crippen LogP contribution >= 0.6 is 0 Å². The van der Waals surface area contributed by atoms with Crippen molar-refractivity contribution < 1.29 is 9.47 Å². The van der Waals surface area contributed by atoms with Crippen molar-refractivity contribution in [2.24, 2.45) is 12.0 Å². The van der Waals surface area contributed by atoms with Crippen LogP contribution in [0, 0.1) is 6.92 Å². The molecule has 3 aromatic rings. The smallest absolute Gasteiger partial charge is 0.196 e. The molecule has 0 amide bonds. The highest BCUT2D eigenvalue weighted by Gasteiger charge is 2.09. The number of hydrogen-bond donors (Lipinski definition) is 2. The predicted molar refractivity (Wildman–Crippen MR) is 118 cm³/mol. The summed E-state index contributed by atoms with van der Waals surface area (Å²) in [6.45, 7) is 5.48. The van der Waals surface area contributed by atoms with Crippen molar-refractivity contribution in [2.75, 3.05) is 19.0 Å². The Bertz CT molecular complexity index is 985. The lowest BCUT2D eigenvalue weighted by atomic mass is 10.2. The van der Waals surface area contributed by atoms with Gasteiger partial charge in [0.2, 0.25) is 0 Å². The van der Waals surface area contributed by atoms with E-state index in [0.29, 0.717) is 37.2 Å². The molecular formula is C22H28N6O2. The van der Waals surface area contributed by atoms with Gasteiger partial charge in [0.25, 0.3) is 0 Å². The Morgan fingerprint density at radius 3 is 2.57 bits per heavy atom. The topological polar surface area (TPSA) is 85.6 Å². The van der Waals surface area contributed by atoms with Crippen LogP contribution in [0.5, 0.6) is 11.5 Å². The van der Waals surface area contributed by atoms with Crippen LogP contribution in [0.3, 0.4) is 0 Å². The fourth-order valence-electron chi connectivity index (χ4n) is 2.82. The minimum Gasteiger partial charge on any atom is -0.493 e. The summed E-state index contributed by atoms with van der Waals surface area (Å²) in [4.78, 5) is 4.72. The van der Waals surface area contributed by atoms with Crippen LogP contribution in [0.4, 0.5) is 5.69 Å². The standard InChI is InChI=1S/C22H28N6O2/c1-5-30-19-12-11-18(13-20(19)29-4)25-22(23-14-17-9-7-6-8-10-17)24-15-21-27-26-16(2)28(21)3/h6-13H,5,14-15H2,1-4H3,(H2,23,24,25). The highest BCUT2D eigenvalue weighted by molar-refractivity contribution is 5.93. The average molecular weight is 409 g/mol. The van der Waals surface area contributed by atoms with E-state index in [4.69, 9.17) is 14.5 Å². The number of nitrogens with one attached hydrogen (secondary N) is 2. The maximum atomic E-state index is 5.60. The Hall–Kier alpha value is -3.55. The zero-order valence-corrected chi connectivity index (χ0v) is 17.8. The van der Waals surface area contributed by atoms with E-state index in [0.717, 1.165) is 22.9 Å². The summed E-state index contributed by atoms with van der Waals surface area (Å²) in [6.07, 6.45) is 0. The molecule has 0 saturated heterocycles.